The summed E-state index contributed by atoms with van der Waals surface area (Å²) in [6.07, 6.45) is 0.698. The molecule has 0 aromatic carbocycles. The molecule has 0 spiro atoms. The number of hydrogen-bond acceptors (Lipinski definition) is 4. The van der Waals surface area contributed by atoms with E-state index in [0.29, 0.717) is 17.8 Å². The molecule has 1 fully saturated rings. The van der Waals surface area contributed by atoms with Gasteiger partial charge in [0, 0.05) is 13.0 Å². The third kappa shape index (κ3) is 1.78. The van der Waals surface area contributed by atoms with Crippen molar-refractivity contribution in [3.8, 4) is 0 Å². The van der Waals surface area contributed by atoms with E-state index in [1.54, 1.807) is 4.90 Å². The Bertz CT molecular complexity index is 569. The Morgan fingerprint density at radius 2 is 2.17 bits per heavy atom. The van der Waals surface area contributed by atoms with Gasteiger partial charge in [0.05, 0.1) is 8.66 Å². The lowest BCUT2D eigenvalue weighted by atomic mass is 10.0. The van der Waals surface area contributed by atoms with E-state index < -0.39 is 6.04 Å². The minimum Gasteiger partial charge on any atom is -0.321 e. The molecule has 1 atom stereocenters. The topological polar surface area (TPSA) is 66.5 Å². The SMILES string of the molecule is O=C1CCC(N2Cc3cc(Br)sc3C2=O)C(=O)N1. The van der Waals surface area contributed by atoms with Crippen LogP contribution in [0.2, 0.25) is 0 Å². The van der Waals surface area contributed by atoms with Crippen LogP contribution >= 0.6 is 27.3 Å². The van der Waals surface area contributed by atoms with Crippen molar-refractivity contribution in [2.75, 3.05) is 0 Å². The molecule has 1 aromatic heterocycles. The molecule has 1 N–H and O–H groups in total. The number of nitrogens with zero attached hydrogens (tertiary/aromatic N) is 1. The van der Waals surface area contributed by atoms with E-state index in [4.69, 9.17) is 0 Å². The molecule has 0 bridgehead atoms. The van der Waals surface area contributed by atoms with E-state index in [1.807, 2.05) is 6.07 Å². The van der Waals surface area contributed by atoms with Gasteiger partial charge < -0.3 is 4.90 Å². The molecule has 94 valence electrons. The Kier molecular flexibility index (Phi) is 2.74. The Morgan fingerprint density at radius 1 is 1.39 bits per heavy atom. The van der Waals surface area contributed by atoms with Gasteiger partial charge >= 0.3 is 0 Å². The van der Waals surface area contributed by atoms with E-state index in [1.165, 1.54) is 11.3 Å². The first-order valence-corrected chi connectivity index (χ1v) is 7.10. The highest BCUT2D eigenvalue weighted by Crippen LogP contribution is 2.35. The second-order valence-corrected chi connectivity index (χ2v) is 6.74. The van der Waals surface area contributed by atoms with E-state index in [0.717, 1.165) is 9.35 Å². The van der Waals surface area contributed by atoms with Crippen LogP contribution < -0.4 is 5.32 Å². The van der Waals surface area contributed by atoms with Crippen molar-refractivity contribution in [1.82, 2.24) is 10.2 Å². The summed E-state index contributed by atoms with van der Waals surface area (Å²) < 4.78 is 0.920. The molecular formula is C11H9BrN2O3S. The summed E-state index contributed by atoms with van der Waals surface area (Å²) in [6.45, 7) is 0.447. The lowest BCUT2D eigenvalue weighted by Gasteiger charge is -2.29. The van der Waals surface area contributed by atoms with Crippen LogP contribution in [0.3, 0.4) is 0 Å². The van der Waals surface area contributed by atoms with Gasteiger partial charge in [-0.05, 0) is 34.0 Å². The zero-order chi connectivity index (χ0) is 12.9. The van der Waals surface area contributed by atoms with Gasteiger partial charge in [-0.1, -0.05) is 0 Å². The van der Waals surface area contributed by atoms with Crippen molar-refractivity contribution in [3.63, 3.8) is 0 Å². The Balaban J connectivity index is 1.84. The average molecular weight is 329 g/mol. The zero-order valence-corrected chi connectivity index (χ0v) is 11.6. The molecule has 3 amide bonds. The van der Waals surface area contributed by atoms with Gasteiger partial charge in [-0.3, -0.25) is 19.7 Å². The Labute approximate surface area is 115 Å². The van der Waals surface area contributed by atoms with E-state index >= 15 is 0 Å². The van der Waals surface area contributed by atoms with Crippen LogP contribution in [-0.4, -0.2) is 28.7 Å². The predicted molar refractivity (Wildman–Crippen MR) is 68.1 cm³/mol. The first-order valence-electron chi connectivity index (χ1n) is 5.49. The van der Waals surface area contributed by atoms with Crippen LogP contribution in [0.15, 0.2) is 9.85 Å². The average Bonchev–Trinajstić information content (AvgIpc) is 2.78. The molecule has 1 saturated heterocycles. The smallest absolute Gasteiger partial charge is 0.265 e. The summed E-state index contributed by atoms with van der Waals surface area (Å²) in [7, 11) is 0. The summed E-state index contributed by atoms with van der Waals surface area (Å²) in [4.78, 5) is 37.3. The van der Waals surface area contributed by atoms with Crippen LogP contribution in [0.1, 0.15) is 28.1 Å². The van der Waals surface area contributed by atoms with Gasteiger partial charge in [0.25, 0.3) is 5.91 Å². The maximum atomic E-state index is 12.2. The number of nitrogens with one attached hydrogen (secondary N) is 1. The fourth-order valence-electron chi connectivity index (χ4n) is 2.31. The molecule has 1 aromatic rings. The van der Waals surface area contributed by atoms with Gasteiger partial charge in [-0.15, -0.1) is 11.3 Å². The van der Waals surface area contributed by atoms with Crippen molar-refractivity contribution in [1.29, 1.82) is 0 Å². The van der Waals surface area contributed by atoms with E-state index in [9.17, 15) is 14.4 Å². The van der Waals surface area contributed by atoms with Gasteiger partial charge in [0.1, 0.15) is 6.04 Å². The second-order valence-electron chi connectivity index (χ2n) is 4.30. The van der Waals surface area contributed by atoms with E-state index in [-0.39, 0.29) is 24.1 Å². The molecular weight excluding hydrogens is 320 g/mol. The maximum absolute atomic E-state index is 12.2. The van der Waals surface area contributed by atoms with Gasteiger partial charge in [0.15, 0.2) is 0 Å². The number of imide groups is 1. The van der Waals surface area contributed by atoms with E-state index in [2.05, 4.69) is 21.2 Å². The number of halogens is 1. The molecule has 3 rings (SSSR count). The third-order valence-corrected chi connectivity index (χ3v) is 4.83. The first-order chi connectivity index (χ1) is 8.56. The lowest BCUT2D eigenvalue weighted by molar-refractivity contribution is -0.136. The quantitative estimate of drug-likeness (QED) is 0.789. The number of carbonyl (C=O) groups is 3. The van der Waals surface area contributed by atoms with Gasteiger partial charge in [-0.2, -0.15) is 0 Å². The summed E-state index contributed by atoms with van der Waals surface area (Å²) in [5.74, 6) is -0.746. The number of hydrogen-bond donors (Lipinski definition) is 1. The number of amides is 3. The molecule has 0 saturated carbocycles. The van der Waals surface area contributed by atoms with Crippen LogP contribution in [0, 0.1) is 0 Å². The first kappa shape index (κ1) is 11.9. The van der Waals surface area contributed by atoms with Crippen LogP contribution in [0.5, 0.6) is 0 Å². The number of fused-ring (bicyclic) bond motifs is 1. The van der Waals surface area contributed by atoms with Gasteiger partial charge in [0.2, 0.25) is 11.8 Å². The summed E-state index contributed by atoms with van der Waals surface area (Å²) in [6, 6.07) is 1.39. The lowest BCUT2D eigenvalue weighted by Crippen LogP contribution is -2.52. The molecule has 1 unspecified atom stereocenters. The normalized spacial score (nSPS) is 23.3. The fraction of sp³-hybridized carbons (Fsp3) is 0.364. The van der Waals surface area contributed by atoms with Crippen molar-refractivity contribution < 1.29 is 14.4 Å². The van der Waals surface area contributed by atoms with Crippen molar-refractivity contribution in [3.05, 3.63) is 20.3 Å². The van der Waals surface area contributed by atoms with Crippen molar-refractivity contribution in [2.24, 2.45) is 0 Å². The molecule has 0 aliphatic carbocycles. The standard InChI is InChI=1S/C11H9BrN2O3S/c12-7-3-5-4-14(11(17)9(5)18-7)6-1-2-8(15)13-10(6)16/h3,6H,1-2,4H2,(H,13,15,16). The highest BCUT2D eigenvalue weighted by molar-refractivity contribution is 9.11. The molecule has 7 heteroatoms. The minimum atomic E-state index is -0.520. The second kappa shape index (κ2) is 4.17. The fourth-order valence-corrected chi connectivity index (χ4v) is 3.93. The molecule has 0 radical (unpaired) electrons. The summed E-state index contributed by atoms with van der Waals surface area (Å²) in [5.41, 5.74) is 0.946. The monoisotopic (exact) mass is 328 g/mol. The molecule has 18 heavy (non-hydrogen) atoms. The highest BCUT2D eigenvalue weighted by Gasteiger charge is 2.40. The molecule has 2 aliphatic heterocycles. The molecule has 2 aliphatic rings. The Hall–Kier alpha value is -1.21. The third-order valence-electron chi connectivity index (χ3n) is 3.16. The number of thiophene rings is 1. The van der Waals surface area contributed by atoms with Crippen molar-refractivity contribution >= 4 is 45.0 Å². The van der Waals surface area contributed by atoms with Crippen LogP contribution in [0.25, 0.3) is 0 Å². The number of carbonyl (C=O) groups excluding carboxylic acids is 3. The number of rotatable bonds is 1. The molecule has 3 heterocycles. The zero-order valence-electron chi connectivity index (χ0n) is 9.23. The van der Waals surface area contributed by atoms with Crippen LogP contribution in [-0.2, 0) is 16.1 Å². The van der Waals surface area contributed by atoms with Gasteiger partial charge in [-0.25, -0.2) is 0 Å². The number of piperidine rings is 1. The highest BCUT2D eigenvalue weighted by atomic mass is 79.9. The maximum Gasteiger partial charge on any atom is 0.265 e. The summed E-state index contributed by atoms with van der Waals surface area (Å²) in [5, 5.41) is 2.28. The predicted octanol–water partition coefficient (Wildman–Crippen LogP) is 1.27. The largest absolute Gasteiger partial charge is 0.321 e. The summed E-state index contributed by atoms with van der Waals surface area (Å²) >= 11 is 4.73. The minimum absolute atomic E-state index is 0.116. The van der Waals surface area contributed by atoms with Crippen LogP contribution in [0.4, 0.5) is 0 Å². The Morgan fingerprint density at radius 3 is 2.83 bits per heavy atom. The van der Waals surface area contributed by atoms with Crippen molar-refractivity contribution in [2.45, 2.75) is 25.4 Å². The molecule has 5 nitrogen and oxygen atoms in total.